The summed E-state index contributed by atoms with van der Waals surface area (Å²) < 4.78 is 0.670. The van der Waals surface area contributed by atoms with Crippen LogP contribution in [-0.2, 0) is 0 Å². The number of halogens is 1. The maximum absolute atomic E-state index is 11.7. The Kier molecular flexibility index (Phi) is 5.42. The molecule has 1 aromatic heterocycles. The van der Waals surface area contributed by atoms with Crippen molar-refractivity contribution >= 4 is 21.8 Å². The van der Waals surface area contributed by atoms with E-state index in [2.05, 4.69) is 26.2 Å². The van der Waals surface area contributed by atoms with Gasteiger partial charge in [0.15, 0.2) is 0 Å². The molecule has 0 saturated heterocycles. The number of carbonyl (C=O) groups is 1. The van der Waals surface area contributed by atoms with Crippen LogP contribution in [0.4, 0.5) is 0 Å². The lowest BCUT2D eigenvalue weighted by atomic mass is 10.2. The summed E-state index contributed by atoms with van der Waals surface area (Å²) in [5.74, 6) is -0.226. The molecular formula is C11H15BrN2O2. The molecule has 88 valence electrons. The third-order valence-corrected chi connectivity index (χ3v) is 2.85. The number of aromatic nitrogens is 1. The largest absolute Gasteiger partial charge is 0.393 e. The Balaban J connectivity index is 2.44. The second-order valence-electron chi connectivity index (χ2n) is 3.44. The summed E-state index contributed by atoms with van der Waals surface area (Å²) in [6, 6.07) is 3.52. The van der Waals surface area contributed by atoms with E-state index in [-0.39, 0.29) is 12.0 Å². The molecule has 2 N–H and O–H groups in total. The summed E-state index contributed by atoms with van der Waals surface area (Å²) in [4.78, 5) is 15.6. The van der Waals surface area contributed by atoms with Gasteiger partial charge in [-0.3, -0.25) is 4.79 Å². The normalized spacial score (nSPS) is 12.2. The van der Waals surface area contributed by atoms with Crippen molar-refractivity contribution in [1.82, 2.24) is 10.3 Å². The van der Waals surface area contributed by atoms with Gasteiger partial charge in [-0.1, -0.05) is 6.92 Å². The van der Waals surface area contributed by atoms with Crippen LogP contribution in [0.1, 0.15) is 30.3 Å². The van der Waals surface area contributed by atoms with Crippen LogP contribution < -0.4 is 5.32 Å². The number of hydrogen-bond acceptors (Lipinski definition) is 3. The van der Waals surface area contributed by atoms with E-state index in [4.69, 9.17) is 0 Å². The van der Waals surface area contributed by atoms with Crippen LogP contribution >= 0.6 is 15.9 Å². The molecule has 4 nitrogen and oxygen atoms in total. The van der Waals surface area contributed by atoms with Crippen molar-refractivity contribution in [2.24, 2.45) is 0 Å². The van der Waals surface area contributed by atoms with Crippen molar-refractivity contribution in [2.45, 2.75) is 25.9 Å². The molecule has 1 rings (SSSR count). The predicted octanol–water partition coefficient (Wildman–Crippen LogP) is 1.73. The monoisotopic (exact) mass is 286 g/mol. The number of hydrogen-bond donors (Lipinski definition) is 2. The Hall–Kier alpha value is -0.940. The molecule has 0 aliphatic heterocycles. The Bertz CT molecular complexity index is 358. The molecule has 1 unspecified atom stereocenters. The van der Waals surface area contributed by atoms with Gasteiger partial charge in [0.1, 0.15) is 5.69 Å². The quantitative estimate of drug-likeness (QED) is 0.867. The maximum atomic E-state index is 11.7. The summed E-state index contributed by atoms with van der Waals surface area (Å²) in [5, 5.41) is 12.0. The molecular weight excluding hydrogens is 272 g/mol. The smallest absolute Gasteiger partial charge is 0.271 e. The van der Waals surface area contributed by atoms with Crippen molar-refractivity contribution < 1.29 is 9.90 Å². The minimum Gasteiger partial charge on any atom is -0.393 e. The highest BCUT2D eigenvalue weighted by atomic mass is 79.9. The zero-order valence-corrected chi connectivity index (χ0v) is 10.7. The standard InChI is InChI=1S/C11H15BrN2O2/c1-2-8(15)5-7-14-11(16)10-9(12)4-3-6-13-10/h3-4,6,8,15H,2,5,7H2,1H3,(H,14,16). The third-order valence-electron chi connectivity index (χ3n) is 2.21. The van der Waals surface area contributed by atoms with Gasteiger partial charge in [-0.2, -0.15) is 0 Å². The Morgan fingerprint density at radius 2 is 2.44 bits per heavy atom. The van der Waals surface area contributed by atoms with Gasteiger partial charge in [0.2, 0.25) is 0 Å². The van der Waals surface area contributed by atoms with Gasteiger partial charge < -0.3 is 10.4 Å². The van der Waals surface area contributed by atoms with Gasteiger partial charge in [-0.05, 0) is 40.9 Å². The van der Waals surface area contributed by atoms with E-state index in [1.165, 1.54) is 0 Å². The zero-order chi connectivity index (χ0) is 12.0. The molecule has 0 aromatic carbocycles. The summed E-state index contributed by atoms with van der Waals surface area (Å²) in [7, 11) is 0. The van der Waals surface area contributed by atoms with E-state index in [0.717, 1.165) is 0 Å². The van der Waals surface area contributed by atoms with Crippen LogP contribution in [0.5, 0.6) is 0 Å². The number of amides is 1. The second kappa shape index (κ2) is 6.60. The van der Waals surface area contributed by atoms with Gasteiger partial charge in [0.05, 0.1) is 6.10 Å². The van der Waals surface area contributed by atoms with Crippen LogP contribution in [0, 0.1) is 0 Å². The molecule has 1 atom stereocenters. The number of nitrogens with one attached hydrogen (secondary N) is 1. The predicted molar refractivity (Wildman–Crippen MR) is 65.2 cm³/mol. The number of pyridine rings is 1. The molecule has 0 fully saturated rings. The molecule has 5 heteroatoms. The molecule has 0 radical (unpaired) electrons. The lowest BCUT2D eigenvalue weighted by Crippen LogP contribution is -2.28. The number of carbonyl (C=O) groups excluding carboxylic acids is 1. The van der Waals surface area contributed by atoms with Crippen molar-refractivity contribution in [2.75, 3.05) is 6.54 Å². The highest BCUT2D eigenvalue weighted by Crippen LogP contribution is 2.12. The Morgan fingerprint density at radius 1 is 1.69 bits per heavy atom. The van der Waals surface area contributed by atoms with Crippen LogP contribution in [0.3, 0.4) is 0 Å². The molecule has 0 saturated carbocycles. The molecule has 0 aliphatic rings. The number of nitrogens with zero attached hydrogens (tertiary/aromatic N) is 1. The van der Waals surface area contributed by atoms with Crippen molar-refractivity contribution in [3.05, 3.63) is 28.5 Å². The van der Waals surface area contributed by atoms with Gasteiger partial charge in [-0.25, -0.2) is 4.98 Å². The fraction of sp³-hybridized carbons (Fsp3) is 0.455. The van der Waals surface area contributed by atoms with E-state index < -0.39 is 0 Å². The molecule has 1 heterocycles. The van der Waals surface area contributed by atoms with Crippen LogP contribution in [0.15, 0.2) is 22.8 Å². The summed E-state index contributed by atoms with van der Waals surface area (Å²) in [6.07, 6.45) is 2.48. The van der Waals surface area contributed by atoms with Gasteiger partial charge in [0.25, 0.3) is 5.91 Å². The lowest BCUT2D eigenvalue weighted by molar-refractivity contribution is 0.0936. The topological polar surface area (TPSA) is 62.2 Å². The lowest BCUT2D eigenvalue weighted by Gasteiger charge is -2.08. The number of rotatable bonds is 5. The van der Waals surface area contributed by atoms with Gasteiger partial charge >= 0.3 is 0 Å². The van der Waals surface area contributed by atoms with Crippen LogP contribution in [-0.4, -0.2) is 28.6 Å². The fourth-order valence-corrected chi connectivity index (χ4v) is 1.63. The van der Waals surface area contributed by atoms with Gasteiger partial charge in [-0.15, -0.1) is 0 Å². The molecule has 0 aliphatic carbocycles. The van der Waals surface area contributed by atoms with Crippen molar-refractivity contribution in [1.29, 1.82) is 0 Å². The van der Waals surface area contributed by atoms with Gasteiger partial charge in [0, 0.05) is 17.2 Å². The highest BCUT2D eigenvalue weighted by Gasteiger charge is 2.10. The van der Waals surface area contributed by atoms with Crippen molar-refractivity contribution in [3.8, 4) is 0 Å². The number of aliphatic hydroxyl groups excluding tert-OH is 1. The van der Waals surface area contributed by atoms with E-state index in [0.29, 0.717) is 29.6 Å². The summed E-state index contributed by atoms with van der Waals surface area (Å²) in [6.45, 7) is 2.36. The average Bonchev–Trinajstić information content (AvgIpc) is 2.29. The first kappa shape index (κ1) is 13.1. The highest BCUT2D eigenvalue weighted by molar-refractivity contribution is 9.10. The fourth-order valence-electron chi connectivity index (χ4n) is 1.19. The van der Waals surface area contributed by atoms with E-state index >= 15 is 0 Å². The minimum absolute atomic E-state index is 0.226. The second-order valence-corrected chi connectivity index (χ2v) is 4.29. The minimum atomic E-state index is -0.354. The molecule has 1 aromatic rings. The Labute approximate surface area is 103 Å². The first-order valence-electron chi connectivity index (χ1n) is 5.22. The maximum Gasteiger partial charge on any atom is 0.271 e. The third kappa shape index (κ3) is 3.90. The SMILES string of the molecule is CCC(O)CCNC(=O)c1ncccc1Br. The van der Waals surface area contributed by atoms with E-state index in [1.807, 2.05) is 6.92 Å². The zero-order valence-electron chi connectivity index (χ0n) is 9.11. The molecule has 0 spiro atoms. The van der Waals surface area contributed by atoms with Crippen LogP contribution in [0.25, 0.3) is 0 Å². The molecule has 16 heavy (non-hydrogen) atoms. The first-order valence-corrected chi connectivity index (χ1v) is 6.01. The molecule has 0 bridgehead atoms. The van der Waals surface area contributed by atoms with E-state index in [1.54, 1.807) is 18.3 Å². The number of aliphatic hydroxyl groups is 1. The van der Waals surface area contributed by atoms with Crippen molar-refractivity contribution in [3.63, 3.8) is 0 Å². The average molecular weight is 287 g/mol. The van der Waals surface area contributed by atoms with E-state index in [9.17, 15) is 9.90 Å². The first-order chi connectivity index (χ1) is 7.65. The summed E-state index contributed by atoms with van der Waals surface area (Å²) in [5.41, 5.74) is 0.369. The Morgan fingerprint density at radius 3 is 3.06 bits per heavy atom. The summed E-state index contributed by atoms with van der Waals surface area (Å²) >= 11 is 3.26. The molecule has 1 amide bonds. The van der Waals surface area contributed by atoms with Crippen LogP contribution in [0.2, 0.25) is 0 Å².